The fraction of sp³-hybridized carbons (Fsp3) is 0.471. The number of nitrogens with two attached hydrogens (primary N) is 1. The maximum Gasteiger partial charge on any atom is 0.317 e. The highest BCUT2D eigenvalue weighted by Crippen LogP contribution is 2.31. The second-order valence-corrected chi connectivity index (χ2v) is 8.68. The van der Waals surface area contributed by atoms with Gasteiger partial charge in [0.15, 0.2) is 0 Å². The van der Waals surface area contributed by atoms with Crippen molar-refractivity contribution in [2.24, 2.45) is 0 Å². The lowest BCUT2D eigenvalue weighted by Gasteiger charge is -2.32. The van der Waals surface area contributed by atoms with E-state index < -0.39 is 0 Å². The second kappa shape index (κ2) is 8.05. The van der Waals surface area contributed by atoms with Gasteiger partial charge < -0.3 is 16.0 Å². The zero-order valence-electron chi connectivity index (χ0n) is 14.4. The molecule has 1 unspecified atom stereocenters. The summed E-state index contributed by atoms with van der Waals surface area (Å²) in [4.78, 5) is 15.6. The molecule has 134 valence electrons. The van der Waals surface area contributed by atoms with Crippen molar-refractivity contribution in [1.29, 1.82) is 0 Å². The number of nitrogens with zero attached hydrogens (tertiary/aromatic N) is 3. The summed E-state index contributed by atoms with van der Waals surface area (Å²) in [5.41, 5.74) is 6.88. The number of carbonyl (C=O) groups excluding carboxylic acids is 1. The van der Waals surface area contributed by atoms with Gasteiger partial charge in [0.25, 0.3) is 0 Å². The molecule has 2 heterocycles. The van der Waals surface area contributed by atoms with Gasteiger partial charge in [-0.1, -0.05) is 29.0 Å². The van der Waals surface area contributed by atoms with Crippen molar-refractivity contribution in [2.75, 3.05) is 18.8 Å². The van der Waals surface area contributed by atoms with Crippen LogP contribution in [0.5, 0.6) is 0 Å². The molecule has 1 aliphatic rings. The molecule has 8 heteroatoms. The number of likely N-dealkylation sites (tertiary alicyclic amines) is 1. The Labute approximate surface area is 156 Å². The van der Waals surface area contributed by atoms with E-state index >= 15 is 0 Å². The van der Waals surface area contributed by atoms with E-state index in [1.807, 2.05) is 23.6 Å². The molecule has 0 aliphatic carbocycles. The van der Waals surface area contributed by atoms with E-state index in [1.54, 1.807) is 0 Å². The van der Waals surface area contributed by atoms with Crippen LogP contribution in [0.25, 0.3) is 0 Å². The third-order valence-electron chi connectivity index (χ3n) is 4.19. The molecule has 1 aliphatic heterocycles. The van der Waals surface area contributed by atoms with Crippen molar-refractivity contribution in [1.82, 2.24) is 20.4 Å². The number of aryl methyl sites for hydroxylation is 1. The number of anilines is 1. The van der Waals surface area contributed by atoms with Crippen molar-refractivity contribution in [2.45, 2.75) is 42.9 Å². The molecule has 0 bridgehead atoms. The number of aromatic nitrogens is 2. The minimum atomic E-state index is -0.179. The predicted octanol–water partition coefficient (Wildman–Crippen LogP) is 3.46. The van der Waals surface area contributed by atoms with E-state index in [9.17, 15) is 4.79 Å². The van der Waals surface area contributed by atoms with Gasteiger partial charge in [-0.05, 0) is 38.8 Å². The zero-order valence-corrected chi connectivity index (χ0v) is 16.1. The lowest BCUT2D eigenvalue weighted by molar-refractivity contribution is 0.184. The van der Waals surface area contributed by atoms with Gasteiger partial charge in [0.05, 0.1) is 6.04 Å². The second-order valence-electron chi connectivity index (χ2n) is 6.27. The fourth-order valence-electron chi connectivity index (χ4n) is 2.82. The number of urea groups is 1. The summed E-state index contributed by atoms with van der Waals surface area (Å²) >= 11 is 3.22. The molecule has 0 saturated carbocycles. The number of piperidine rings is 1. The van der Waals surface area contributed by atoms with Gasteiger partial charge in [-0.25, -0.2) is 4.79 Å². The van der Waals surface area contributed by atoms with Crippen LogP contribution in [0.15, 0.2) is 29.2 Å². The van der Waals surface area contributed by atoms with Crippen molar-refractivity contribution in [3.63, 3.8) is 0 Å². The number of hydrogen-bond acceptors (Lipinski definition) is 6. The van der Waals surface area contributed by atoms with Crippen molar-refractivity contribution >= 4 is 34.3 Å². The molecule has 3 rings (SSSR count). The Hall–Kier alpha value is -1.80. The molecule has 1 atom stereocenters. The van der Waals surface area contributed by atoms with E-state index in [-0.39, 0.29) is 12.1 Å². The topological polar surface area (TPSA) is 84.1 Å². The van der Waals surface area contributed by atoms with Crippen LogP contribution in [0.1, 0.15) is 36.4 Å². The molecule has 1 aromatic heterocycles. The number of amides is 2. The standard InChI is InChI=1S/C17H23N5OS2/c1-11-4-3-5-14(10-11)24-13-6-8-22(9-7-13)17(23)19-12(2)15-20-21-16(18)25-15/h3-5,10,12-13H,6-9H2,1-2H3,(H2,18,21)(H,19,23). The quantitative estimate of drug-likeness (QED) is 0.852. The highest BCUT2D eigenvalue weighted by atomic mass is 32.2. The third kappa shape index (κ3) is 4.85. The molecule has 0 radical (unpaired) electrons. The van der Waals surface area contributed by atoms with E-state index in [0.717, 1.165) is 30.9 Å². The molecule has 1 saturated heterocycles. The van der Waals surface area contributed by atoms with Crippen molar-refractivity contribution in [3.05, 3.63) is 34.8 Å². The number of rotatable bonds is 4. The number of benzene rings is 1. The summed E-state index contributed by atoms with van der Waals surface area (Å²) in [6.45, 7) is 5.57. The van der Waals surface area contributed by atoms with Crippen molar-refractivity contribution < 1.29 is 4.79 Å². The van der Waals surface area contributed by atoms with Crippen LogP contribution in [0.3, 0.4) is 0 Å². The predicted molar refractivity (Wildman–Crippen MR) is 103 cm³/mol. The van der Waals surface area contributed by atoms with Crippen LogP contribution < -0.4 is 11.1 Å². The average Bonchev–Trinajstić information content (AvgIpc) is 3.02. The fourth-order valence-corrected chi connectivity index (χ4v) is 4.67. The smallest absolute Gasteiger partial charge is 0.317 e. The number of nitrogen functional groups attached to an aromatic ring is 1. The van der Waals surface area contributed by atoms with E-state index in [0.29, 0.717) is 10.4 Å². The minimum absolute atomic E-state index is 0.0414. The van der Waals surface area contributed by atoms with Crippen LogP contribution in [0.2, 0.25) is 0 Å². The van der Waals surface area contributed by atoms with Gasteiger partial charge in [-0.2, -0.15) is 0 Å². The largest absolute Gasteiger partial charge is 0.374 e. The van der Waals surface area contributed by atoms with Gasteiger partial charge in [0.2, 0.25) is 5.13 Å². The molecule has 25 heavy (non-hydrogen) atoms. The maximum atomic E-state index is 12.4. The normalized spacial score (nSPS) is 16.6. The zero-order chi connectivity index (χ0) is 17.8. The van der Waals surface area contributed by atoms with Gasteiger partial charge >= 0.3 is 6.03 Å². The number of nitrogens with one attached hydrogen (secondary N) is 1. The number of carbonyl (C=O) groups is 1. The van der Waals surface area contributed by atoms with Crippen LogP contribution in [-0.2, 0) is 0 Å². The summed E-state index contributed by atoms with van der Waals surface area (Å²) < 4.78 is 0. The Morgan fingerprint density at radius 1 is 1.40 bits per heavy atom. The first-order valence-electron chi connectivity index (χ1n) is 8.39. The Balaban J connectivity index is 1.47. The highest BCUT2D eigenvalue weighted by molar-refractivity contribution is 8.00. The molecule has 6 nitrogen and oxygen atoms in total. The van der Waals surface area contributed by atoms with Gasteiger partial charge in [-0.15, -0.1) is 22.0 Å². The molecular formula is C17H23N5OS2. The minimum Gasteiger partial charge on any atom is -0.374 e. The summed E-state index contributed by atoms with van der Waals surface area (Å²) in [5, 5.41) is 12.5. The first-order chi connectivity index (χ1) is 12.0. The van der Waals surface area contributed by atoms with E-state index in [4.69, 9.17) is 5.73 Å². The molecule has 2 aromatic rings. The van der Waals surface area contributed by atoms with Gasteiger partial charge in [-0.3, -0.25) is 0 Å². The summed E-state index contributed by atoms with van der Waals surface area (Å²) in [7, 11) is 0. The first kappa shape index (κ1) is 18.0. The summed E-state index contributed by atoms with van der Waals surface area (Å²) in [5.74, 6) is 0. The summed E-state index contributed by atoms with van der Waals surface area (Å²) in [6, 6.07) is 8.37. The maximum absolute atomic E-state index is 12.4. The molecular weight excluding hydrogens is 354 g/mol. The van der Waals surface area contributed by atoms with Crippen LogP contribution in [0, 0.1) is 6.92 Å². The first-order valence-corrected chi connectivity index (χ1v) is 10.1. The van der Waals surface area contributed by atoms with E-state index in [1.165, 1.54) is 21.8 Å². The van der Waals surface area contributed by atoms with E-state index in [2.05, 4.69) is 46.7 Å². The van der Waals surface area contributed by atoms with Gasteiger partial charge in [0.1, 0.15) is 5.01 Å². The van der Waals surface area contributed by atoms with Crippen LogP contribution in [0.4, 0.5) is 9.93 Å². The highest BCUT2D eigenvalue weighted by Gasteiger charge is 2.25. The SMILES string of the molecule is Cc1cccc(SC2CCN(C(=O)NC(C)c3nnc(N)s3)CC2)c1. The lowest BCUT2D eigenvalue weighted by Crippen LogP contribution is -2.45. The Morgan fingerprint density at radius 3 is 2.80 bits per heavy atom. The van der Waals surface area contributed by atoms with Crippen molar-refractivity contribution in [3.8, 4) is 0 Å². The summed E-state index contributed by atoms with van der Waals surface area (Å²) in [6.07, 6.45) is 2.01. The van der Waals surface area contributed by atoms with Gasteiger partial charge in [0, 0.05) is 23.2 Å². The molecule has 0 spiro atoms. The monoisotopic (exact) mass is 377 g/mol. The molecule has 2 amide bonds. The Kier molecular flexibility index (Phi) is 5.80. The Morgan fingerprint density at radius 2 is 2.16 bits per heavy atom. The Bertz CT molecular complexity index is 727. The third-order valence-corrected chi connectivity index (χ3v) is 6.45. The number of hydrogen-bond donors (Lipinski definition) is 2. The van der Waals surface area contributed by atoms with Crippen LogP contribution >= 0.6 is 23.1 Å². The molecule has 1 aromatic carbocycles. The molecule has 3 N–H and O–H groups in total. The number of thioether (sulfide) groups is 1. The lowest BCUT2D eigenvalue weighted by atomic mass is 10.1. The molecule has 1 fully saturated rings. The van der Waals surface area contributed by atoms with Crippen LogP contribution in [-0.4, -0.2) is 39.5 Å². The average molecular weight is 378 g/mol.